The number of ether oxygens (including phenoxy) is 2. The Morgan fingerprint density at radius 2 is 1.44 bits per heavy atom. The summed E-state index contributed by atoms with van der Waals surface area (Å²) >= 11 is 0. The molecule has 1 aromatic rings. The normalized spacial score (nSPS) is 10.5. The molecule has 0 amide bonds. The lowest BCUT2D eigenvalue weighted by atomic mass is 10.1. The van der Waals surface area contributed by atoms with Crippen molar-refractivity contribution in [2.75, 3.05) is 19.5 Å². The lowest BCUT2D eigenvalue weighted by molar-refractivity contribution is 0.394. The molecule has 3 nitrogen and oxygen atoms in total. The molecule has 0 atom stereocenters. The van der Waals surface area contributed by atoms with Crippen LogP contribution in [-0.2, 0) is 0 Å². The van der Waals surface area contributed by atoms with Crippen molar-refractivity contribution in [3.8, 4) is 11.5 Å². The number of nitrogens with one attached hydrogen (secondary N) is 1. The molecule has 0 saturated carbocycles. The maximum atomic E-state index is 5.28. The molecule has 0 aromatic heterocycles. The van der Waals surface area contributed by atoms with E-state index in [1.807, 2.05) is 18.2 Å². The van der Waals surface area contributed by atoms with Gasteiger partial charge in [-0.1, -0.05) is 26.7 Å². The SMILES string of the molecule is CCCC(CCC)Nc1cc(OC)cc(OC)c1. The number of rotatable bonds is 8. The van der Waals surface area contributed by atoms with E-state index < -0.39 is 0 Å². The second-order valence-corrected chi connectivity index (χ2v) is 4.52. The van der Waals surface area contributed by atoms with Gasteiger partial charge in [-0.25, -0.2) is 0 Å². The van der Waals surface area contributed by atoms with Crippen molar-refractivity contribution in [3.63, 3.8) is 0 Å². The molecule has 0 aliphatic heterocycles. The fourth-order valence-electron chi connectivity index (χ4n) is 2.11. The minimum atomic E-state index is 0.525. The second kappa shape index (κ2) is 7.85. The van der Waals surface area contributed by atoms with Gasteiger partial charge in [0.25, 0.3) is 0 Å². The van der Waals surface area contributed by atoms with Gasteiger partial charge in [-0.3, -0.25) is 0 Å². The Labute approximate surface area is 110 Å². The summed E-state index contributed by atoms with van der Waals surface area (Å²) in [4.78, 5) is 0. The van der Waals surface area contributed by atoms with E-state index in [1.54, 1.807) is 14.2 Å². The van der Waals surface area contributed by atoms with Crippen LogP contribution in [-0.4, -0.2) is 20.3 Å². The van der Waals surface area contributed by atoms with Crippen LogP contribution in [0.5, 0.6) is 11.5 Å². The monoisotopic (exact) mass is 251 g/mol. The van der Waals surface area contributed by atoms with Gasteiger partial charge in [0, 0.05) is 29.9 Å². The quantitative estimate of drug-likeness (QED) is 0.755. The molecule has 102 valence electrons. The van der Waals surface area contributed by atoms with Crippen molar-refractivity contribution in [2.45, 2.75) is 45.6 Å². The van der Waals surface area contributed by atoms with E-state index in [0.717, 1.165) is 17.2 Å². The molecule has 0 aliphatic carbocycles. The van der Waals surface area contributed by atoms with E-state index in [9.17, 15) is 0 Å². The summed E-state index contributed by atoms with van der Waals surface area (Å²) in [5.41, 5.74) is 1.07. The van der Waals surface area contributed by atoms with Gasteiger partial charge in [-0.15, -0.1) is 0 Å². The van der Waals surface area contributed by atoms with E-state index in [0.29, 0.717) is 6.04 Å². The molecular weight excluding hydrogens is 226 g/mol. The topological polar surface area (TPSA) is 30.5 Å². The van der Waals surface area contributed by atoms with Crippen LogP contribution in [0, 0.1) is 0 Å². The summed E-state index contributed by atoms with van der Waals surface area (Å²) in [6.07, 6.45) is 4.76. The minimum absolute atomic E-state index is 0.525. The zero-order valence-corrected chi connectivity index (χ0v) is 12.0. The minimum Gasteiger partial charge on any atom is -0.497 e. The van der Waals surface area contributed by atoms with E-state index >= 15 is 0 Å². The van der Waals surface area contributed by atoms with Crippen LogP contribution in [0.2, 0.25) is 0 Å². The zero-order chi connectivity index (χ0) is 13.4. The number of benzene rings is 1. The molecule has 0 radical (unpaired) electrons. The van der Waals surface area contributed by atoms with Gasteiger partial charge < -0.3 is 14.8 Å². The molecule has 0 bridgehead atoms. The first-order chi connectivity index (χ1) is 8.73. The third kappa shape index (κ3) is 4.47. The van der Waals surface area contributed by atoms with Gasteiger partial charge in [0.05, 0.1) is 14.2 Å². The summed E-state index contributed by atoms with van der Waals surface area (Å²) in [5, 5.41) is 3.57. The summed E-state index contributed by atoms with van der Waals surface area (Å²) in [6, 6.07) is 6.44. The summed E-state index contributed by atoms with van der Waals surface area (Å²) in [6.45, 7) is 4.44. The van der Waals surface area contributed by atoms with Gasteiger partial charge >= 0.3 is 0 Å². The Hall–Kier alpha value is -1.38. The van der Waals surface area contributed by atoms with Crippen molar-refractivity contribution in [3.05, 3.63) is 18.2 Å². The molecule has 3 heteroatoms. The molecule has 1 rings (SSSR count). The second-order valence-electron chi connectivity index (χ2n) is 4.52. The Morgan fingerprint density at radius 1 is 0.944 bits per heavy atom. The first-order valence-corrected chi connectivity index (χ1v) is 6.73. The lowest BCUT2D eigenvalue weighted by Gasteiger charge is -2.19. The van der Waals surface area contributed by atoms with Crippen LogP contribution >= 0.6 is 0 Å². The van der Waals surface area contributed by atoms with Gasteiger partial charge in [0.1, 0.15) is 11.5 Å². The van der Waals surface area contributed by atoms with Crippen LogP contribution in [0.1, 0.15) is 39.5 Å². The molecule has 0 unspecified atom stereocenters. The molecule has 0 aliphatic rings. The smallest absolute Gasteiger partial charge is 0.124 e. The number of hydrogen-bond acceptors (Lipinski definition) is 3. The standard InChI is InChI=1S/C15H25NO2/c1-5-7-12(8-6-2)16-13-9-14(17-3)11-15(10-13)18-4/h9-12,16H,5-8H2,1-4H3. The van der Waals surface area contributed by atoms with Crippen molar-refractivity contribution < 1.29 is 9.47 Å². The van der Waals surface area contributed by atoms with Gasteiger partial charge in [-0.2, -0.15) is 0 Å². The van der Waals surface area contributed by atoms with Crippen LogP contribution in [0.4, 0.5) is 5.69 Å². The van der Waals surface area contributed by atoms with Crippen molar-refractivity contribution >= 4 is 5.69 Å². The first kappa shape index (κ1) is 14.7. The summed E-state index contributed by atoms with van der Waals surface area (Å²) in [5.74, 6) is 1.65. The highest BCUT2D eigenvalue weighted by Crippen LogP contribution is 2.27. The Bertz CT molecular complexity index is 324. The van der Waals surface area contributed by atoms with Crippen LogP contribution in [0.3, 0.4) is 0 Å². The maximum Gasteiger partial charge on any atom is 0.124 e. The third-order valence-corrected chi connectivity index (χ3v) is 3.00. The van der Waals surface area contributed by atoms with Gasteiger partial charge in [0.2, 0.25) is 0 Å². The maximum absolute atomic E-state index is 5.28. The molecule has 18 heavy (non-hydrogen) atoms. The fraction of sp³-hybridized carbons (Fsp3) is 0.600. The van der Waals surface area contributed by atoms with E-state index in [1.165, 1.54) is 25.7 Å². The molecule has 1 aromatic carbocycles. The van der Waals surface area contributed by atoms with Crippen molar-refractivity contribution in [1.29, 1.82) is 0 Å². The molecule has 0 saturated heterocycles. The lowest BCUT2D eigenvalue weighted by Crippen LogP contribution is -2.18. The Kier molecular flexibility index (Phi) is 6.40. The van der Waals surface area contributed by atoms with Crippen molar-refractivity contribution in [1.82, 2.24) is 0 Å². The molecule has 0 spiro atoms. The average Bonchev–Trinajstić information content (AvgIpc) is 2.38. The number of anilines is 1. The highest BCUT2D eigenvalue weighted by atomic mass is 16.5. The van der Waals surface area contributed by atoms with E-state index in [-0.39, 0.29) is 0 Å². The third-order valence-electron chi connectivity index (χ3n) is 3.00. The Morgan fingerprint density at radius 3 is 1.83 bits per heavy atom. The van der Waals surface area contributed by atoms with E-state index in [4.69, 9.17) is 9.47 Å². The number of hydrogen-bond donors (Lipinski definition) is 1. The average molecular weight is 251 g/mol. The zero-order valence-electron chi connectivity index (χ0n) is 12.0. The predicted molar refractivity (Wildman–Crippen MR) is 76.8 cm³/mol. The molecule has 1 N–H and O–H groups in total. The van der Waals surface area contributed by atoms with Crippen molar-refractivity contribution in [2.24, 2.45) is 0 Å². The highest BCUT2D eigenvalue weighted by Gasteiger charge is 2.08. The largest absolute Gasteiger partial charge is 0.497 e. The fourth-order valence-corrected chi connectivity index (χ4v) is 2.11. The van der Waals surface area contributed by atoms with E-state index in [2.05, 4.69) is 19.2 Å². The summed E-state index contributed by atoms with van der Waals surface area (Å²) in [7, 11) is 3.35. The Balaban J connectivity index is 2.80. The first-order valence-electron chi connectivity index (χ1n) is 6.73. The highest BCUT2D eigenvalue weighted by molar-refractivity contribution is 5.54. The molecule has 0 heterocycles. The van der Waals surface area contributed by atoms with Gasteiger partial charge in [0.15, 0.2) is 0 Å². The molecule has 0 fully saturated rings. The number of methoxy groups -OCH3 is 2. The van der Waals surface area contributed by atoms with Crippen LogP contribution < -0.4 is 14.8 Å². The predicted octanol–water partition coefficient (Wildman–Crippen LogP) is 4.08. The molecular formula is C15H25NO2. The van der Waals surface area contributed by atoms with Crippen LogP contribution in [0.25, 0.3) is 0 Å². The summed E-state index contributed by atoms with van der Waals surface area (Å²) < 4.78 is 10.6. The van der Waals surface area contributed by atoms with Crippen LogP contribution in [0.15, 0.2) is 18.2 Å². The van der Waals surface area contributed by atoms with Gasteiger partial charge in [-0.05, 0) is 12.8 Å².